The topological polar surface area (TPSA) is 12.0 Å². The van der Waals surface area contributed by atoms with E-state index < -0.39 is 0 Å². The average Bonchev–Trinajstić information content (AvgIpc) is 2.77. The predicted molar refractivity (Wildman–Crippen MR) is 81.0 cm³/mol. The van der Waals surface area contributed by atoms with Gasteiger partial charge >= 0.3 is 0 Å². The van der Waals surface area contributed by atoms with Crippen LogP contribution in [0.15, 0.2) is 30.3 Å². The summed E-state index contributed by atoms with van der Waals surface area (Å²) in [5.74, 6) is 0. The van der Waals surface area contributed by atoms with E-state index in [9.17, 15) is 0 Å². The lowest BCUT2D eigenvalue weighted by atomic mass is 10.0. The van der Waals surface area contributed by atoms with Crippen LogP contribution in [-0.4, -0.2) is 7.05 Å². The first-order valence-electron chi connectivity index (χ1n) is 5.77. The summed E-state index contributed by atoms with van der Waals surface area (Å²) < 4.78 is 0. The van der Waals surface area contributed by atoms with E-state index in [1.165, 1.54) is 9.75 Å². The molecule has 0 spiro atoms. The molecule has 1 aromatic heterocycles. The molecule has 0 bridgehead atoms. The van der Waals surface area contributed by atoms with Crippen molar-refractivity contribution < 1.29 is 0 Å². The van der Waals surface area contributed by atoms with Gasteiger partial charge in [0.2, 0.25) is 0 Å². The van der Waals surface area contributed by atoms with Gasteiger partial charge in [-0.2, -0.15) is 0 Å². The van der Waals surface area contributed by atoms with Gasteiger partial charge in [0, 0.05) is 25.8 Å². The minimum atomic E-state index is 0.277. The monoisotopic (exact) mass is 299 g/mol. The Morgan fingerprint density at radius 1 is 1.22 bits per heavy atom. The Morgan fingerprint density at radius 3 is 2.61 bits per heavy atom. The lowest BCUT2D eigenvalue weighted by molar-refractivity contribution is 0.602. The van der Waals surface area contributed by atoms with Gasteiger partial charge in [-0.1, -0.05) is 23.2 Å². The summed E-state index contributed by atoms with van der Waals surface area (Å²) >= 11 is 14.0. The molecule has 18 heavy (non-hydrogen) atoms. The van der Waals surface area contributed by atoms with Crippen molar-refractivity contribution in [1.29, 1.82) is 0 Å². The van der Waals surface area contributed by atoms with Gasteiger partial charge in [-0.05, 0) is 56.3 Å². The SMILES string of the molecule is CNC(Cc1cc(Cl)ccc1Cl)c1ccc(C)s1. The Hall–Kier alpha value is -0.540. The van der Waals surface area contributed by atoms with E-state index in [-0.39, 0.29) is 6.04 Å². The molecule has 1 heterocycles. The van der Waals surface area contributed by atoms with Gasteiger partial charge in [0.1, 0.15) is 0 Å². The van der Waals surface area contributed by atoms with Gasteiger partial charge in [-0.3, -0.25) is 0 Å². The van der Waals surface area contributed by atoms with E-state index in [4.69, 9.17) is 23.2 Å². The third-order valence-corrected chi connectivity index (χ3v) is 4.60. The van der Waals surface area contributed by atoms with Gasteiger partial charge < -0.3 is 5.32 Å². The second kappa shape index (κ2) is 6.07. The molecule has 2 rings (SSSR count). The number of hydrogen-bond donors (Lipinski definition) is 1. The average molecular weight is 300 g/mol. The van der Waals surface area contributed by atoms with E-state index in [2.05, 4.69) is 24.4 Å². The van der Waals surface area contributed by atoms with E-state index in [1.54, 1.807) is 0 Å². The maximum atomic E-state index is 6.21. The predicted octanol–water partition coefficient (Wildman–Crippen LogP) is 4.87. The fourth-order valence-corrected chi connectivity index (χ4v) is 3.28. The van der Waals surface area contributed by atoms with Crippen LogP contribution in [-0.2, 0) is 6.42 Å². The number of nitrogens with one attached hydrogen (secondary N) is 1. The number of rotatable bonds is 4. The molecule has 96 valence electrons. The van der Waals surface area contributed by atoms with Crippen LogP contribution in [0.4, 0.5) is 0 Å². The summed E-state index contributed by atoms with van der Waals surface area (Å²) in [4.78, 5) is 2.65. The maximum Gasteiger partial charge on any atom is 0.0453 e. The highest BCUT2D eigenvalue weighted by Crippen LogP contribution is 2.29. The zero-order valence-corrected chi connectivity index (χ0v) is 12.7. The smallest absolute Gasteiger partial charge is 0.0453 e. The van der Waals surface area contributed by atoms with Crippen molar-refractivity contribution in [2.45, 2.75) is 19.4 Å². The molecule has 4 heteroatoms. The van der Waals surface area contributed by atoms with Crippen molar-refractivity contribution in [2.75, 3.05) is 7.05 Å². The van der Waals surface area contributed by atoms with Gasteiger partial charge in [0.15, 0.2) is 0 Å². The van der Waals surface area contributed by atoms with Crippen LogP contribution < -0.4 is 5.32 Å². The number of aryl methyl sites for hydroxylation is 1. The standard InChI is InChI=1S/C14H15Cl2NS/c1-9-3-6-14(18-9)13(17-2)8-10-7-11(15)4-5-12(10)16/h3-7,13,17H,8H2,1-2H3. The Balaban J connectivity index is 2.22. The van der Waals surface area contributed by atoms with Crippen LogP contribution in [0.3, 0.4) is 0 Å². The summed E-state index contributed by atoms with van der Waals surface area (Å²) in [7, 11) is 1.97. The number of hydrogen-bond acceptors (Lipinski definition) is 2. The molecule has 0 aliphatic carbocycles. The van der Waals surface area contributed by atoms with E-state index in [0.29, 0.717) is 0 Å². The van der Waals surface area contributed by atoms with Crippen LogP contribution in [0.5, 0.6) is 0 Å². The lowest BCUT2D eigenvalue weighted by Crippen LogP contribution is -2.17. The summed E-state index contributed by atoms with van der Waals surface area (Å²) in [6.45, 7) is 2.12. The first-order valence-corrected chi connectivity index (χ1v) is 7.35. The van der Waals surface area contributed by atoms with Crippen molar-refractivity contribution in [3.63, 3.8) is 0 Å². The Bertz CT molecular complexity index is 536. The van der Waals surface area contributed by atoms with Crippen molar-refractivity contribution >= 4 is 34.5 Å². The van der Waals surface area contributed by atoms with E-state index in [0.717, 1.165) is 22.0 Å². The molecular formula is C14H15Cl2NS. The molecule has 0 saturated carbocycles. The molecule has 1 nitrogen and oxygen atoms in total. The molecule has 0 amide bonds. The number of benzene rings is 1. The molecule has 1 atom stereocenters. The third kappa shape index (κ3) is 3.27. The van der Waals surface area contributed by atoms with Gasteiger partial charge in [-0.15, -0.1) is 11.3 Å². The largest absolute Gasteiger partial charge is 0.312 e. The van der Waals surface area contributed by atoms with E-state index >= 15 is 0 Å². The number of likely N-dealkylation sites (N-methyl/N-ethyl adjacent to an activating group) is 1. The number of thiophene rings is 1. The fourth-order valence-electron chi connectivity index (χ4n) is 1.91. The quantitative estimate of drug-likeness (QED) is 0.849. The van der Waals surface area contributed by atoms with Crippen LogP contribution in [0.1, 0.15) is 21.4 Å². The van der Waals surface area contributed by atoms with Crippen LogP contribution in [0.2, 0.25) is 10.0 Å². The van der Waals surface area contributed by atoms with Crippen molar-refractivity contribution in [3.8, 4) is 0 Å². The van der Waals surface area contributed by atoms with Gasteiger partial charge in [-0.25, -0.2) is 0 Å². The first kappa shape index (κ1) is 13.9. The third-order valence-electron chi connectivity index (χ3n) is 2.88. The Labute approximate surface area is 122 Å². The normalized spacial score (nSPS) is 12.7. The van der Waals surface area contributed by atoms with Gasteiger partial charge in [0.05, 0.1) is 0 Å². The highest BCUT2D eigenvalue weighted by Gasteiger charge is 2.14. The second-order valence-corrected chi connectivity index (χ2v) is 6.39. The van der Waals surface area contributed by atoms with Crippen molar-refractivity contribution in [1.82, 2.24) is 5.32 Å². The first-order chi connectivity index (χ1) is 8.60. The highest BCUT2D eigenvalue weighted by molar-refractivity contribution is 7.12. The molecule has 1 unspecified atom stereocenters. The fraction of sp³-hybridized carbons (Fsp3) is 0.286. The second-order valence-electron chi connectivity index (χ2n) is 4.23. The minimum Gasteiger partial charge on any atom is -0.312 e. The van der Waals surface area contributed by atoms with Gasteiger partial charge in [0.25, 0.3) is 0 Å². The Kier molecular flexibility index (Phi) is 4.68. The summed E-state index contributed by atoms with van der Waals surface area (Å²) in [6.07, 6.45) is 0.843. The lowest BCUT2D eigenvalue weighted by Gasteiger charge is -2.15. The Morgan fingerprint density at radius 2 is 2.00 bits per heavy atom. The zero-order valence-electron chi connectivity index (χ0n) is 10.3. The van der Waals surface area contributed by atoms with Crippen LogP contribution in [0, 0.1) is 6.92 Å². The molecular weight excluding hydrogens is 285 g/mol. The van der Waals surface area contributed by atoms with Crippen LogP contribution in [0.25, 0.3) is 0 Å². The molecule has 0 fully saturated rings. The summed E-state index contributed by atoms with van der Waals surface area (Å²) in [5.41, 5.74) is 1.08. The van der Waals surface area contributed by atoms with Crippen molar-refractivity contribution in [2.24, 2.45) is 0 Å². The zero-order chi connectivity index (χ0) is 13.1. The highest BCUT2D eigenvalue weighted by atomic mass is 35.5. The van der Waals surface area contributed by atoms with Crippen molar-refractivity contribution in [3.05, 3.63) is 55.7 Å². The maximum absolute atomic E-state index is 6.21. The molecule has 0 aliphatic heterocycles. The molecule has 0 aliphatic rings. The molecule has 0 saturated heterocycles. The summed E-state index contributed by atoms with van der Waals surface area (Å²) in [5, 5.41) is 4.84. The molecule has 1 aromatic carbocycles. The molecule has 0 radical (unpaired) electrons. The molecule has 1 N–H and O–H groups in total. The van der Waals surface area contributed by atoms with E-state index in [1.807, 2.05) is 36.6 Å². The molecule has 2 aromatic rings. The minimum absolute atomic E-state index is 0.277. The number of halogens is 2. The van der Waals surface area contributed by atoms with Crippen LogP contribution >= 0.6 is 34.5 Å². The summed E-state index contributed by atoms with van der Waals surface area (Å²) in [6, 6.07) is 10.2.